The van der Waals surface area contributed by atoms with E-state index in [0.29, 0.717) is 11.4 Å². The Bertz CT molecular complexity index is 903. The number of nitrogens with one attached hydrogen (secondary N) is 2. The first-order valence-electron chi connectivity index (χ1n) is 9.60. The van der Waals surface area contributed by atoms with Gasteiger partial charge in [0, 0.05) is 38.3 Å². The van der Waals surface area contributed by atoms with E-state index in [4.69, 9.17) is 0 Å². The Morgan fingerprint density at radius 2 is 2.00 bits per heavy atom. The van der Waals surface area contributed by atoms with Crippen molar-refractivity contribution in [2.45, 2.75) is 51.6 Å². The number of hydrogen-bond donors (Lipinski definition) is 2. The van der Waals surface area contributed by atoms with Crippen LogP contribution in [0, 0.1) is 13.8 Å². The van der Waals surface area contributed by atoms with Gasteiger partial charge in [-0.2, -0.15) is 0 Å². The summed E-state index contributed by atoms with van der Waals surface area (Å²) in [6, 6.07) is 5.37. The number of aryl methyl sites for hydroxylation is 3. The number of aromatic nitrogens is 2. The summed E-state index contributed by atoms with van der Waals surface area (Å²) in [5, 5.41) is 6.60. The summed E-state index contributed by atoms with van der Waals surface area (Å²) < 4.78 is 25.6. The van der Waals surface area contributed by atoms with Gasteiger partial charge in [-0.05, 0) is 50.8 Å². The van der Waals surface area contributed by atoms with Crippen molar-refractivity contribution < 1.29 is 8.42 Å². The third kappa shape index (κ3) is 6.67. The van der Waals surface area contributed by atoms with Crippen molar-refractivity contribution >= 4 is 15.8 Å². The number of rotatable bonds is 9. The maximum atomic E-state index is 11.7. The highest BCUT2D eigenvalue weighted by atomic mass is 32.2. The predicted octanol–water partition coefficient (Wildman–Crippen LogP) is 2.44. The van der Waals surface area contributed by atoms with E-state index in [1.165, 1.54) is 6.26 Å². The zero-order valence-corrected chi connectivity index (χ0v) is 18.0. The van der Waals surface area contributed by atoms with Crippen LogP contribution in [0.4, 0.5) is 0 Å². The maximum absolute atomic E-state index is 11.7. The van der Waals surface area contributed by atoms with E-state index in [0.717, 1.165) is 55.4 Å². The van der Waals surface area contributed by atoms with Crippen LogP contribution in [0.15, 0.2) is 40.5 Å². The van der Waals surface area contributed by atoms with Crippen LogP contribution in [0.2, 0.25) is 0 Å². The van der Waals surface area contributed by atoms with Crippen molar-refractivity contribution in [1.29, 1.82) is 0 Å². The lowest BCUT2D eigenvalue weighted by atomic mass is 10.1. The molecule has 0 amide bonds. The largest absolute Gasteiger partial charge is 0.357 e. The maximum Gasteiger partial charge on any atom is 0.191 e. The van der Waals surface area contributed by atoms with Gasteiger partial charge in [0.15, 0.2) is 15.8 Å². The molecule has 0 spiro atoms. The molecule has 7 nitrogen and oxygen atoms in total. The molecule has 2 aromatic rings. The topological polar surface area (TPSA) is 88.4 Å². The molecule has 0 aliphatic rings. The summed E-state index contributed by atoms with van der Waals surface area (Å²) in [5.74, 6) is 1.81. The first-order valence-corrected chi connectivity index (χ1v) is 11.5. The van der Waals surface area contributed by atoms with Crippen LogP contribution in [0.3, 0.4) is 0 Å². The molecule has 0 fully saturated rings. The number of imidazole rings is 1. The van der Waals surface area contributed by atoms with Gasteiger partial charge in [0.1, 0.15) is 5.82 Å². The van der Waals surface area contributed by atoms with Crippen molar-refractivity contribution in [2.24, 2.45) is 4.99 Å². The Hall–Kier alpha value is -2.35. The van der Waals surface area contributed by atoms with Gasteiger partial charge < -0.3 is 15.2 Å². The highest BCUT2D eigenvalue weighted by Crippen LogP contribution is 2.17. The highest BCUT2D eigenvalue weighted by molar-refractivity contribution is 7.90. The number of hydrogen-bond acceptors (Lipinski definition) is 4. The minimum absolute atomic E-state index is 0.374. The van der Waals surface area contributed by atoms with E-state index in [1.807, 2.05) is 45.3 Å². The zero-order chi connectivity index (χ0) is 20.6. The molecule has 1 aromatic carbocycles. The number of sulfone groups is 1. The van der Waals surface area contributed by atoms with Crippen LogP contribution in [-0.2, 0) is 22.9 Å². The summed E-state index contributed by atoms with van der Waals surface area (Å²) in [6.07, 6.45) is 7.16. The van der Waals surface area contributed by atoms with Gasteiger partial charge in [-0.1, -0.05) is 12.1 Å². The third-order valence-corrected chi connectivity index (χ3v) is 5.70. The van der Waals surface area contributed by atoms with Crippen molar-refractivity contribution in [2.75, 3.05) is 19.3 Å². The summed E-state index contributed by atoms with van der Waals surface area (Å²) in [4.78, 5) is 9.21. The average molecular weight is 406 g/mol. The van der Waals surface area contributed by atoms with Crippen LogP contribution in [0.5, 0.6) is 0 Å². The lowest BCUT2D eigenvalue weighted by Gasteiger charge is -2.12. The van der Waals surface area contributed by atoms with Crippen LogP contribution < -0.4 is 10.6 Å². The molecule has 0 unspecified atom stereocenters. The van der Waals surface area contributed by atoms with Crippen molar-refractivity contribution in [3.63, 3.8) is 0 Å². The Morgan fingerprint density at radius 3 is 2.61 bits per heavy atom. The lowest BCUT2D eigenvalue weighted by Crippen LogP contribution is -2.37. The van der Waals surface area contributed by atoms with Crippen LogP contribution in [0.25, 0.3) is 0 Å². The van der Waals surface area contributed by atoms with E-state index in [9.17, 15) is 8.42 Å². The van der Waals surface area contributed by atoms with E-state index < -0.39 is 9.84 Å². The molecule has 0 atom stereocenters. The van der Waals surface area contributed by atoms with Gasteiger partial charge in [-0.25, -0.2) is 18.4 Å². The van der Waals surface area contributed by atoms with Gasteiger partial charge in [0.2, 0.25) is 0 Å². The van der Waals surface area contributed by atoms with Gasteiger partial charge in [0.25, 0.3) is 0 Å². The van der Waals surface area contributed by atoms with E-state index in [1.54, 1.807) is 6.07 Å². The first-order chi connectivity index (χ1) is 13.3. The molecule has 0 aliphatic heterocycles. The van der Waals surface area contributed by atoms with E-state index in [2.05, 4.69) is 25.2 Å². The van der Waals surface area contributed by atoms with Gasteiger partial charge in [-0.15, -0.1) is 0 Å². The zero-order valence-electron chi connectivity index (χ0n) is 17.2. The van der Waals surface area contributed by atoms with Crippen molar-refractivity contribution in [1.82, 2.24) is 20.2 Å². The molecule has 28 heavy (non-hydrogen) atoms. The fourth-order valence-corrected chi connectivity index (χ4v) is 3.95. The average Bonchev–Trinajstić information content (AvgIpc) is 3.03. The molecule has 8 heteroatoms. The van der Waals surface area contributed by atoms with Crippen LogP contribution in [-0.4, -0.2) is 43.3 Å². The summed E-state index contributed by atoms with van der Waals surface area (Å²) in [6.45, 7) is 8.94. The molecule has 154 valence electrons. The Kier molecular flexibility index (Phi) is 8.04. The Morgan fingerprint density at radius 1 is 1.21 bits per heavy atom. The summed E-state index contributed by atoms with van der Waals surface area (Å²) >= 11 is 0. The Balaban J connectivity index is 1.86. The van der Waals surface area contributed by atoms with Crippen molar-refractivity contribution in [3.8, 4) is 0 Å². The molecule has 1 aromatic heterocycles. The van der Waals surface area contributed by atoms with Crippen LogP contribution >= 0.6 is 0 Å². The minimum atomic E-state index is -3.19. The normalized spacial score (nSPS) is 12.2. The number of nitrogens with zero attached hydrogens (tertiary/aromatic N) is 3. The van der Waals surface area contributed by atoms with Gasteiger partial charge >= 0.3 is 0 Å². The first kappa shape index (κ1) is 21.9. The molecule has 2 N–H and O–H groups in total. The minimum Gasteiger partial charge on any atom is -0.357 e. The fraction of sp³-hybridized carbons (Fsp3) is 0.500. The summed E-state index contributed by atoms with van der Waals surface area (Å²) in [5.41, 5.74) is 1.74. The smallest absolute Gasteiger partial charge is 0.191 e. The summed E-state index contributed by atoms with van der Waals surface area (Å²) in [7, 11) is -3.19. The molecular weight excluding hydrogens is 374 g/mol. The molecule has 1 heterocycles. The van der Waals surface area contributed by atoms with E-state index >= 15 is 0 Å². The van der Waals surface area contributed by atoms with Gasteiger partial charge in [-0.3, -0.25) is 0 Å². The standard InChI is InChI=1S/C20H31N5O2S/c1-5-21-20(23-10-6-7-12-25-13-11-22-17(25)3)24-15-18-8-9-19(16(2)14-18)28(4,26)27/h8-9,11,13-14H,5-7,10,12,15H2,1-4H3,(H2,21,23,24). The molecule has 0 saturated heterocycles. The third-order valence-electron chi connectivity index (χ3n) is 4.44. The molecular formula is C20H31N5O2S. The predicted molar refractivity (Wildman–Crippen MR) is 113 cm³/mol. The fourth-order valence-electron chi connectivity index (χ4n) is 2.99. The molecule has 0 radical (unpaired) electrons. The number of unbranched alkanes of at least 4 members (excludes halogenated alkanes) is 1. The molecule has 0 bridgehead atoms. The second-order valence-corrected chi connectivity index (χ2v) is 8.85. The SMILES string of the molecule is CCNC(=NCc1ccc(S(C)(=O)=O)c(C)c1)NCCCCn1ccnc1C. The van der Waals surface area contributed by atoms with Crippen molar-refractivity contribution in [3.05, 3.63) is 47.5 Å². The molecule has 2 rings (SSSR count). The molecule has 0 saturated carbocycles. The highest BCUT2D eigenvalue weighted by Gasteiger charge is 2.10. The van der Waals surface area contributed by atoms with Crippen LogP contribution in [0.1, 0.15) is 36.7 Å². The number of aliphatic imine (C=N–C) groups is 1. The second-order valence-electron chi connectivity index (χ2n) is 6.87. The number of guanidine groups is 1. The number of benzene rings is 1. The lowest BCUT2D eigenvalue weighted by molar-refractivity contribution is 0.588. The monoisotopic (exact) mass is 405 g/mol. The van der Waals surface area contributed by atoms with E-state index in [-0.39, 0.29) is 0 Å². The van der Waals surface area contributed by atoms with Gasteiger partial charge in [0.05, 0.1) is 11.4 Å². The molecule has 0 aliphatic carbocycles. The second kappa shape index (κ2) is 10.3. The quantitative estimate of drug-likeness (QED) is 0.380. The Labute approximate surface area is 168 Å².